The van der Waals surface area contributed by atoms with Crippen LogP contribution in [0.2, 0.25) is 0 Å². The molecule has 0 saturated carbocycles. The number of hydrogen-bond donors (Lipinski definition) is 5. The highest BCUT2D eigenvalue weighted by atomic mass is 35.5. The number of halogens is 1. The number of aliphatic hydroxyl groups is 1. The van der Waals surface area contributed by atoms with Crippen LogP contribution >= 0.6 is 12.4 Å². The van der Waals surface area contributed by atoms with E-state index in [0.717, 1.165) is 0 Å². The standard InChI is InChI=1S/C15H18N2O4.ClH/c16-11-1-4-15(21-6-5-18)13(8-11)17-9-10-7-12(19)2-3-14(10)20;/h1-4,7-8,17-20H,5-6,9,16H2;1H. The normalized spacial score (nSPS) is 9.86. The van der Waals surface area contributed by atoms with Gasteiger partial charge in [-0.25, -0.2) is 0 Å². The minimum Gasteiger partial charge on any atom is -0.508 e. The Morgan fingerprint density at radius 1 is 1.09 bits per heavy atom. The van der Waals surface area contributed by atoms with Gasteiger partial charge in [0.25, 0.3) is 0 Å². The molecule has 0 aliphatic heterocycles. The smallest absolute Gasteiger partial charge is 0.142 e. The van der Waals surface area contributed by atoms with Crippen LogP contribution in [0.5, 0.6) is 17.2 Å². The number of aromatic hydroxyl groups is 2. The van der Waals surface area contributed by atoms with E-state index in [2.05, 4.69) is 5.32 Å². The predicted molar refractivity (Wildman–Crippen MR) is 87.8 cm³/mol. The summed E-state index contributed by atoms with van der Waals surface area (Å²) in [4.78, 5) is 0. The lowest BCUT2D eigenvalue weighted by atomic mass is 10.1. The van der Waals surface area contributed by atoms with E-state index in [-0.39, 0.29) is 37.1 Å². The van der Waals surface area contributed by atoms with E-state index in [1.165, 1.54) is 18.2 Å². The number of nitrogens with one attached hydrogen (secondary N) is 1. The van der Waals surface area contributed by atoms with E-state index < -0.39 is 0 Å². The third kappa shape index (κ3) is 4.61. The number of benzene rings is 2. The number of rotatable bonds is 6. The molecule has 0 spiro atoms. The van der Waals surface area contributed by atoms with E-state index in [4.69, 9.17) is 15.6 Å². The average Bonchev–Trinajstić information content (AvgIpc) is 2.47. The zero-order chi connectivity index (χ0) is 15.2. The van der Waals surface area contributed by atoms with Crippen molar-refractivity contribution in [2.45, 2.75) is 6.54 Å². The van der Waals surface area contributed by atoms with Gasteiger partial charge in [-0.3, -0.25) is 0 Å². The van der Waals surface area contributed by atoms with Crippen molar-refractivity contribution in [3.8, 4) is 17.2 Å². The lowest BCUT2D eigenvalue weighted by molar-refractivity contribution is 0.202. The van der Waals surface area contributed by atoms with Gasteiger partial charge in [0.05, 0.1) is 12.3 Å². The third-order valence-corrected chi connectivity index (χ3v) is 2.88. The molecular weight excluding hydrogens is 308 g/mol. The Bertz CT molecular complexity index is 622. The minimum absolute atomic E-state index is 0. The van der Waals surface area contributed by atoms with Crippen molar-refractivity contribution in [1.29, 1.82) is 0 Å². The molecule has 0 heterocycles. The second-order valence-corrected chi connectivity index (χ2v) is 4.49. The molecule has 0 unspecified atom stereocenters. The van der Waals surface area contributed by atoms with E-state index in [1.807, 2.05) is 0 Å². The molecule has 6 N–H and O–H groups in total. The van der Waals surface area contributed by atoms with Crippen molar-refractivity contribution in [1.82, 2.24) is 0 Å². The molecule has 0 atom stereocenters. The summed E-state index contributed by atoms with van der Waals surface area (Å²) in [7, 11) is 0. The van der Waals surface area contributed by atoms with Crippen molar-refractivity contribution >= 4 is 23.8 Å². The minimum atomic E-state index is -0.0861. The Hall–Kier alpha value is -2.31. The molecule has 0 aliphatic carbocycles. The SMILES string of the molecule is Cl.Nc1ccc(OCCO)c(NCc2cc(O)ccc2O)c1. The highest BCUT2D eigenvalue weighted by Gasteiger charge is 2.07. The zero-order valence-electron chi connectivity index (χ0n) is 11.8. The Kier molecular flexibility index (Phi) is 6.62. The van der Waals surface area contributed by atoms with Crippen molar-refractivity contribution in [3.05, 3.63) is 42.0 Å². The van der Waals surface area contributed by atoms with Crippen molar-refractivity contribution in [2.75, 3.05) is 24.3 Å². The Labute approximate surface area is 134 Å². The first-order valence-corrected chi connectivity index (χ1v) is 6.48. The second-order valence-electron chi connectivity index (χ2n) is 4.49. The lowest BCUT2D eigenvalue weighted by Gasteiger charge is -2.14. The monoisotopic (exact) mass is 326 g/mol. The molecule has 0 aromatic heterocycles. The van der Waals surface area contributed by atoms with Gasteiger partial charge in [-0.2, -0.15) is 0 Å². The number of nitrogen functional groups attached to an aromatic ring is 1. The third-order valence-electron chi connectivity index (χ3n) is 2.88. The Morgan fingerprint density at radius 2 is 1.86 bits per heavy atom. The van der Waals surface area contributed by atoms with Crippen LogP contribution in [0.4, 0.5) is 11.4 Å². The van der Waals surface area contributed by atoms with Gasteiger partial charge in [-0.1, -0.05) is 0 Å². The Morgan fingerprint density at radius 3 is 2.59 bits per heavy atom. The maximum Gasteiger partial charge on any atom is 0.142 e. The molecular formula is C15H19ClN2O4. The van der Waals surface area contributed by atoms with Crippen LogP contribution in [0.1, 0.15) is 5.56 Å². The topological polar surface area (TPSA) is 108 Å². The van der Waals surface area contributed by atoms with E-state index in [9.17, 15) is 10.2 Å². The molecule has 7 heteroatoms. The van der Waals surface area contributed by atoms with Crippen LogP contribution in [-0.2, 0) is 6.54 Å². The van der Waals surface area contributed by atoms with Gasteiger partial charge >= 0.3 is 0 Å². The highest BCUT2D eigenvalue weighted by Crippen LogP contribution is 2.29. The summed E-state index contributed by atoms with van der Waals surface area (Å²) in [5.41, 5.74) is 7.50. The molecule has 120 valence electrons. The lowest BCUT2D eigenvalue weighted by Crippen LogP contribution is -2.06. The summed E-state index contributed by atoms with van der Waals surface area (Å²) in [6.07, 6.45) is 0. The number of aliphatic hydroxyl groups excluding tert-OH is 1. The van der Waals surface area contributed by atoms with Crippen LogP contribution in [-0.4, -0.2) is 28.5 Å². The fraction of sp³-hybridized carbons (Fsp3) is 0.200. The number of phenolic OH excluding ortho intramolecular Hbond substituents is 2. The summed E-state index contributed by atoms with van der Waals surface area (Å²) >= 11 is 0. The average molecular weight is 327 g/mol. The van der Waals surface area contributed by atoms with E-state index in [0.29, 0.717) is 29.2 Å². The molecule has 6 nitrogen and oxygen atoms in total. The van der Waals surface area contributed by atoms with Crippen molar-refractivity contribution in [2.24, 2.45) is 0 Å². The number of hydrogen-bond acceptors (Lipinski definition) is 6. The van der Waals surface area contributed by atoms with Gasteiger partial charge < -0.3 is 31.1 Å². The summed E-state index contributed by atoms with van der Waals surface area (Å²) < 4.78 is 5.40. The maximum absolute atomic E-state index is 9.74. The first-order chi connectivity index (χ1) is 10.1. The Balaban J connectivity index is 0.00000242. The van der Waals surface area contributed by atoms with Crippen molar-refractivity contribution < 1.29 is 20.1 Å². The van der Waals surface area contributed by atoms with Crippen LogP contribution in [0.15, 0.2) is 36.4 Å². The first kappa shape index (κ1) is 17.7. The van der Waals surface area contributed by atoms with Gasteiger partial charge in [-0.05, 0) is 36.4 Å². The van der Waals surface area contributed by atoms with Gasteiger partial charge in [0.1, 0.15) is 23.9 Å². The number of nitrogens with two attached hydrogens (primary N) is 1. The molecule has 2 rings (SSSR count). The van der Waals surface area contributed by atoms with Gasteiger partial charge in [0, 0.05) is 17.8 Å². The second kappa shape index (κ2) is 8.21. The van der Waals surface area contributed by atoms with Crippen LogP contribution in [0, 0.1) is 0 Å². The fourth-order valence-corrected chi connectivity index (χ4v) is 1.87. The van der Waals surface area contributed by atoms with E-state index in [1.54, 1.807) is 18.2 Å². The molecule has 0 aliphatic rings. The van der Waals surface area contributed by atoms with Gasteiger partial charge in [-0.15, -0.1) is 12.4 Å². The van der Waals surface area contributed by atoms with Crippen LogP contribution < -0.4 is 15.8 Å². The number of phenols is 2. The van der Waals surface area contributed by atoms with Crippen LogP contribution in [0.3, 0.4) is 0 Å². The molecule has 0 fully saturated rings. The maximum atomic E-state index is 9.74. The van der Waals surface area contributed by atoms with Crippen molar-refractivity contribution in [3.63, 3.8) is 0 Å². The molecule has 0 saturated heterocycles. The van der Waals surface area contributed by atoms with E-state index >= 15 is 0 Å². The quantitative estimate of drug-likeness (QED) is 0.411. The summed E-state index contributed by atoms with van der Waals surface area (Å²) in [6, 6.07) is 9.42. The first-order valence-electron chi connectivity index (χ1n) is 6.48. The molecule has 0 radical (unpaired) electrons. The van der Waals surface area contributed by atoms with Gasteiger partial charge in [0.2, 0.25) is 0 Å². The molecule has 0 bridgehead atoms. The van der Waals surface area contributed by atoms with Crippen LogP contribution in [0.25, 0.3) is 0 Å². The summed E-state index contributed by atoms with van der Waals surface area (Å²) in [5.74, 6) is 0.717. The number of anilines is 2. The summed E-state index contributed by atoms with van der Waals surface area (Å²) in [5, 5.41) is 31.1. The van der Waals surface area contributed by atoms with Gasteiger partial charge in [0.15, 0.2) is 0 Å². The molecule has 22 heavy (non-hydrogen) atoms. The highest BCUT2D eigenvalue weighted by molar-refractivity contribution is 5.85. The zero-order valence-corrected chi connectivity index (χ0v) is 12.6. The summed E-state index contributed by atoms with van der Waals surface area (Å²) in [6.45, 7) is 0.381. The molecule has 2 aromatic rings. The largest absolute Gasteiger partial charge is 0.508 e. The number of ether oxygens (including phenoxy) is 1. The molecule has 2 aromatic carbocycles. The fourth-order valence-electron chi connectivity index (χ4n) is 1.87. The predicted octanol–water partition coefficient (Wildman–Crippen LogP) is 2.08. The molecule has 0 amide bonds.